The van der Waals surface area contributed by atoms with Gasteiger partial charge in [-0.25, -0.2) is 4.79 Å². The average Bonchev–Trinajstić information content (AvgIpc) is 2.77. The topological polar surface area (TPSA) is 79.5 Å². The van der Waals surface area contributed by atoms with Crippen LogP contribution in [-0.2, 0) is 22.6 Å². The fourth-order valence-electron chi connectivity index (χ4n) is 3.61. The zero-order chi connectivity index (χ0) is 22.6. The van der Waals surface area contributed by atoms with Gasteiger partial charge in [-0.15, -0.1) is 0 Å². The molecule has 172 valence electrons. The monoisotopic (exact) mass is 496 g/mol. The van der Waals surface area contributed by atoms with Gasteiger partial charge in [0.05, 0.1) is 24.6 Å². The number of ether oxygens (including phenoxy) is 2. The fraction of sp³-hybridized carbons (Fsp3) is 0.609. The van der Waals surface area contributed by atoms with E-state index in [0.29, 0.717) is 42.8 Å². The number of rotatable bonds is 14. The van der Waals surface area contributed by atoms with E-state index in [1.54, 1.807) is 36.8 Å². The van der Waals surface area contributed by atoms with Crippen LogP contribution in [0.15, 0.2) is 27.8 Å². The van der Waals surface area contributed by atoms with Crippen LogP contribution in [0.1, 0.15) is 58.3 Å². The molecule has 0 N–H and O–H groups in total. The molecule has 31 heavy (non-hydrogen) atoms. The zero-order valence-corrected chi connectivity index (χ0v) is 20.1. The van der Waals surface area contributed by atoms with E-state index in [2.05, 4.69) is 15.9 Å². The SMILES string of the molecule is CCOC(=O)CCCCCCCn1c(=O)c2cc(OC)ccc2n(CCCCBr)c1=O. The van der Waals surface area contributed by atoms with E-state index in [4.69, 9.17) is 9.47 Å². The van der Waals surface area contributed by atoms with E-state index < -0.39 is 0 Å². The predicted octanol–water partition coefficient (Wildman–Crippen LogP) is 4.25. The number of carbonyl (C=O) groups is 1. The molecule has 8 heteroatoms. The van der Waals surface area contributed by atoms with Crippen molar-refractivity contribution >= 4 is 32.8 Å². The highest BCUT2D eigenvalue weighted by Gasteiger charge is 2.14. The van der Waals surface area contributed by atoms with E-state index in [1.165, 1.54) is 4.57 Å². The Morgan fingerprint density at radius 3 is 2.35 bits per heavy atom. The summed E-state index contributed by atoms with van der Waals surface area (Å²) < 4.78 is 13.3. The van der Waals surface area contributed by atoms with Crippen molar-refractivity contribution in [3.8, 4) is 5.75 Å². The van der Waals surface area contributed by atoms with Crippen LogP contribution in [0.4, 0.5) is 0 Å². The first-order chi connectivity index (χ1) is 15.0. The predicted molar refractivity (Wildman–Crippen MR) is 126 cm³/mol. The third-order valence-corrected chi connectivity index (χ3v) is 5.83. The van der Waals surface area contributed by atoms with E-state index in [1.807, 2.05) is 0 Å². The summed E-state index contributed by atoms with van der Waals surface area (Å²) in [5, 5.41) is 1.38. The maximum Gasteiger partial charge on any atom is 0.331 e. The molecule has 1 aromatic heterocycles. The molecule has 0 amide bonds. The van der Waals surface area contributed by atoms with Gasteiger partial charge in [0.15, 0.2) is 0 Å². The Bertz CT molecular complexity index is 967. The molecule has 1 heterocycles. The van der Waals surface area contributed by atoms with Gasteiger partial charge in [0.1, 0.15) is 5.75 Å². The van der Waals surface area contributed by atoms with E-state index >= 15 is 0 Å². The van der Waals surface area contributed by atoms with Crippen LogP contribution in [0.5, 0.6) is 5.75 Å². The van der Waals surface area contributed by atoms with Gasteiger partial charge in [-0.1, -0.05) is 35.2 Å². The molecule has 0 saturated heterocycles. The normalized spacial score (nSPS) is 11.1. The van der Waals surface area contributed by atoms with Crippen LogP contribution >= 0.6 is 15.9 Å². The van der Waals surface area contributed by atoms with Gasteiger partial charge in [0.25, 0.3) is 5.56 Å². The minimum atomic E-state index is -0.266. The lowest BCUT2D eigenvalue weighted by molar-refractivity contribution is -0.143. The molecule has 0 saturated carbocycles. The largest absolute Gasteiger partial charge is 0.497 e. The van der Waals surface area contributed by atoms with Crippen LogP contribution in [0.2, 0.25) is 0 Å². The molecule has 7 nitrogen and oxygen atoms in total. The summed E-state index contributed by atoms with van der Waals surface area (Å²) in [5.74, 6) is 0.449. The molecule has 1 aromatic carbocycles. The van der Waals surface area contributed by atoms with Gasteiger partial charge in [-0.2, -0.15) is 0 Å². The molecule has 0 aliphatic heterocycles. The number of unbranched alkanes of at least 4 members (excludes halogenated alkanes) is 5. The van der Waals surface area contributed by atoms with Crippen molar-refractivity contribution < 1.29 is 14.3 Å². The molecular formula is C23H33BrN2O5. The summed E-state index contributed by atoms with van der Waals surface area (Å²) in [6, 6.07) is 5.28. The van der Waals surface area contributed by atoms with Crippen molar-refractivity contribution in [1.29, 1.82) is 0 Å². The van der Waals surface area contributed by atoms with Crippen LogP contribution in [0.25, 0.3) is 10.9 Å². The summed E-state index contributed by atoms with van der Waals surface area (Å²) in [7, 11) is 1.56. The summed E-state index contributed by atoms with van der Waals surface area (Å²) in [6.07, 6.45) is 6.57. The van der Waals surface area contributed by atoms with Gasteiger partial charge in [0.2, 0.25) is 0 Å². The Morgan fingerprint density at radius 1 is 0.968 bits per heavy atom. The molecular weight excluding hydrogens is 464 g/mol. The molecule has 0 fully saturated rings. The number of aromatic nitrogens is 2. The number of halogens is 1. The van der Waals surface area contributed by atoms with Gasteiger partial charge < -0.3 is 9.47 Å². The second-order valence-corrected chi connectivity index (χ2v) is 8.29. The minimum absolute atomic E-state index is 0.152. The maximum absolute atomic E-state index is 13.1. The molecule has 0 radical (unpaired) electrons. The molecule has 0 spiro atoms. The Kier molecular flexibility index (Phi) is 10.8. The summed E-state index contributed by atoms with van der Waals surface area (Å²) in [5.41, 5.74) is 0.137. The second-order valence-electron chi connectivity index (χ2n) is 7.49. The summed E-state index contributed by atoms with van der Waals surface area (Å²) in [4.78, 5) is 37.5. The fourth-order valence-corrected chi connectivity index (χ4v) is 4.01. The number of alkyl halides is 1. The van der Waals surface area contributed by atoms with Crippen LogP contribution in [0.3, 0.4) is 0 Å². The summed E-state index contributed by atoms with van der Waals surface area (Å²) in [6.45, 7) is 3.18. The number of hydrogen-bond acceptors (Lipinski definition) is 5. The summed E-state index contributed by atoms with van der Waals surface area (Å²) >= 11 is 3.43. The number of methoxy groups -OCH3 is 1. The zero-order valence-electron chi connectivity index (χ0n) is 18.5. The smallest absolute Gasteiger partial charge is 0.331 e. The molecule has 0 aliphatic rings. The lowest BCUT2D eigenvalue weighted by Gasteiger charge is -2.14. The molecule has 2 aromatic rings. The Balaban J connectivity index is 2.09. The quantitative estimate of drug-likeness (QED) is 0.222. The van der Waals surface area contributed by atoms with Crippen LogP contribution in [-0.4, -0.2) is 34.2 Å². The van der Waals surface area contributed by atoms with Crippen molar-refractivity contribution in [2.45, 2.75) is 71.4 Å². The molecule has 2 rings (SSSR count). The lowest BCUT2D eigenvalue weighted by atomic mass is 10.1. The third kappa shape index (κ3) is 7.23. The Morgan fingerprint density at radius 2 is 1.65 bits per heavy atom. The number of hydrogen-bond donors (Lipinski definition) is 0. The highest BCUT2D eigenvalue weighted by Crippen LogP contribution is 2.18. The van der Waals surface area contributed by atoms with Crippen molar-refractivity contribution in [1.82, 2.24) is 9.13 Å². The maximum atomic E-state index is 13.1. The highest BCUT2D eigenvalue weighted by molar-refractivity contribution is 9.09. The van der Waals surface area contributed by atoms with E-state index in [9.17, 15) is 14.4 Å². The van der Waals surface area contributed by atoms with Crippen molar-refractivity contribution in [3.05, 3.63) is 39.0 Å². The number of benzene rings is 1. The van der Waals surface area contributed by atoms with Crippen molar-refractivity contribution in [2.24, 2.45) is 0 Å². The number of carbonyl (C=O) groups excluding carboxylic acids is 1. The van der Waals surface area contributed by atoms with Gasteiger partial charge in [-0.05, 0) is 50.8 Å². The number of esters is 1. The van der Waals surface area contributed by atoms with Crippen molar-refractivity contribution in [2.75, 3.05) is 19.0 Å². The van der Waals surface area contributed by atoms with Gasteiger partial charge in [-0.3, -0.25) is 18.7 Å². The Labute approximate surface area is 191 Å². The first kappa shape index (κ1) is 25.2. The van der Waals surface area contributed by atoms with Crippen LogP contribution < -0.4 is 16.0 Å². The van der Waals surface area contributed by atoms with Crippen LogP contribution in [0, 0.1) is 0 Å². The average molecular weight is 497 g/mol. The van der Waals surface area contributed by atoms with Crippen molar-refractivity contribution in [3.63, 3.8) is 0 Å². The standard InChI is InChI=1S/C23H33BrN2O5/c1-3-31-21(27)11-7-5-4-6-9-16-26-22(28)19-17-18(30-2)12-13-20(19)25(23(26)29)15-10-8-14-24/h12-13,17H,3-11,14-16H2,1-2H3. The van der Waals surface area contributed by atoms with Gasteiger partial charge >= 0.3 is 11.7 Å². The molecule has 0 bridgehead atoms. The highest BCUT2D eigenvalue weighted by atomic mass is 79.9. The molecule has 0 aliphatic carbocycles. The van der Waals surface area contributed by atoms with Gasteiger partial charge in [0, 0.05) is 24.8 Å². The molecule has 0 unspecified atom stereocenters. The lowest BCUT2D eigenvalue weighted by Crippen LogP contribution is -2.40. The second kappa shape index (κ2) is 13.3. The van der Waals surface area contributed by atoms with E-state index in [-0.39, 0.29) is 17.2 Å². The number of nitrogens with zero attached hydrogens (tertiary/aromatic N) is 2. The first-order valence-corrected chi connectivity index (χ1v) is 12.2. The first-order valence-electron chi connectivity index (χ1n) is 11.1. The molecule has 0 atom stereocenters. The minimum Gasteiger partial charge on any atom is -0.497 e. The number of aryl methyl sites for hydroxylation is 1. The third-order valence-electron chi connectivity index (χ3n) is 5.27. The van der Waals surface area contributed by atoms with E-state index in [0.717, 1.165) is 50.3 Å². The Hall–Kier alpha value is -2.09. The number of fused-ring (bicyclic) bond motifs is 1.